The zero-order valence-corrected chi connectivity index (χ0v) is 17.4. The van der Waals surface area contributed by atoms with E-state index in [1.807, 2.05) is 0 Å². The molecule has 0 unspecified atom stereocenters. The first-order valence-corrected chi connectivity index (χ1v) is 10.2. The first kappa shape index (κ1) is 18.5. The summed E-state index contributed by atoms with van der Waals surface area (Å²) >= 11 is -1.83. The van der Waals surface area contributed by atoms with Gasteiger partial charge in [-0.05, 0) is 0 Å². The minimum atomic E-state index is -1.83. The molecule has 3 rings (SSSR count). The molecule has 0 radical (unpaired) electrons. The Hall–Kier alpha value is -0.562. The molecule has 0 amide bonds. The summed E-state index contributed by atoms with van der Waals surface area (Å²) in [6.07, 6.45) is 0. The van der Waals surface area contributed by atoms with Gasteiger partial charge in [0.2, 0.25) is 0 Å². The van der Waals surface area contributed by atoms with E-state index in [-0.39, 0.29) is 34.0 Å². The summed E-state index contributed by atoms with van der Waals surface area (Å²) in [5.41, 5.74) is 0. The molecule has 0 saturated carbocycles. The summed E-state index contributed by atoms with van der Waals surface area (Å²) in [5, 5.41) is 0. The van der Waals surface area contributed by atoms with Gasteiger partial charge in [-0.2, -0.15) is 0 Å². The van der Waals surface area contributed by atoms with Gasteiger partial charge >= 0.3 is 122 Å². The van der Waals surface area contributed by atoms with Crippen LogP contribution >= 0.6 is 34.0 Å². The van der Waals surface area contributed by atoms with Crippen LogP contribution in [0.4, 0.5) is 0 Å². The van der Waals surface area contributed by atoms with E-state index in [0.29, 0.717) is 0 Å². The number of hydrogen-bond donors (Lipinski definition) is 0. The van der Waals surface area contributed by atoms with Crippen LogP contribution < -0.4 is 10.5 Å². The van der Waals surface area contributed by atoms with Crippen LogP contribution in [0.3, 0.4) is 0 Å². The minimum absolute atomic E-state index is 0. The number of hydrogen-bond acceptors (Lipinski definition) is 0. The van der Waals surface area contributed by atoms with Crippen LogP contribution in [0.2, 0.25) is 0 Å². The first-order valence-electron chi connectivity index (χ1n) is 6.40. The quantitative estimate of drug-likeness (QED) is 0.470. The fraction of sp³-hybridized carbons (Fsp3) is 0. The Labute approximate surface area is 154 Å². The van der Waals surface area contributed by atoms with Gasteiger partial charge in [-0.3, -0.25) is 0 Å². The van der Waals surface area contributed by atoms with Crippen molar-refractivity contribution in [2.75, 3.05) is 0 Å². The van der Waals surface area contributed by atoms with Crippen LogP contribution in [-0.2, 0) is 0 Å². The van der Waals surface area contributed by atoms with Crippen molar-refractivity contribution in [3.8, 4) is 0 Å². The maximum atomic E-state index is 2.28. The Morgan fingerprint density at radius 2 is 0.619 bits per heavy atom. The summed E-state index contributed by atoms with van der Waals surface area (Å²) in [4.78, 5) is 0. The molecular weight excluding hydrogens is 498 g/mol. The first-order chi connectivity index (χ1) is 9.45. The van der Waals surface area contributed by atoms with Crippen LogP contribution in [0.25, 0.3) is 0 Å². The van der Waals surface area contributed by atoms with Crippen molar-refractivity contribution in [3.05, 3.63) is 91.0 Å². The third-order valence-electron chi connectivity index (χ3n) is 3.04. The molecule has 21 heavy (non-hydrogen) atoms. The van der Waals surface area contributed by atoms with Gasteiger partial charge in [-0.25, -0.2) is 0 Å². The van der Waals surface area contributed by atoms with E-state index in [1.54, 1.807) is 0 Å². The molecule has 0 nitrogen and oxygen atoms in total. The van der Waals surface area contributed by atoms with Gasteiger partial charge in [0.05, 0.1) is 0 Å². The average molecular weight is 515 g/mol. The molecule has 0 aliphatic carbocycles. The fourth-order valence-electron chi connectivity index (χ4n) is 2.18. The molecule has 108 valence electrons. The molecule has 0 atom stereocenters. The molecule has 0 bridgehead atoms. The molecular formula is C18H17Br2Sb. The maximum absolute atomic E-state index is 2.28. The van der Waals surface area contributed by atoms with E-state index in [0.717, 1.165) is 0 Å². The normalized spacial score (nSPS) is 9.57. The molecule has 0 N–H and O–H groups in total. The van der Waals surface area contributed by atoms with Crippen molar-refractivity contribution in [2.45, 2.75) is 0 Å². The predicted octanol–water partition coefficient (Wildman–Crippen LogP) is 3.36. The van der Waals surface area contributed by atoms with Crippen LogP contribution in [0.15, 0.2) is 91.0 Å². The second-order valence-electron chi connectivity index (χ2n) is 4.34. The van der Waals surface area contributed by atoms with Gasteiger partial charge in [0, 0.05) is 0 Å². The topological polar surface area (TPSA) is 0 Å². The summed E-state index contributed by atoms with van der Waals surface area (Å²) in [6.45, 7) is 0. The second-order valence-corrected chi connectivity index (χ2v) is 10.7. The third kappa shape index (κ3) is 4.71. The zero-order valence-electron chi connectivity index (χ0n) is 11.4. The fourth-order valence-corrected chi connectivity index (χ4v) is 8.76. The molecule has 0 aliphatic heterocycles. The molecule has 3 aromatic carbocycles. The average Bonchev–Trinajstić information content (AvgIpc) is 2.51. The van der Waals surface area contributed by atoms with Gasteiger partial charge < -0.3 is 0 Å². The van der Waals surface area contributed by atoms with Crippen molar-refractivity contribution in [3.63, 3.8) is 0 Å². The standard InChI is InChI=1S/3C6H5.2BrH.Sb/c3*1-2-4-6-5-3-1;;;/h3*1-5H;2*1H;. The van der Waals surface area contributed by atoms with Gasteiger partial charge in [0.15, 0.2) is 0 Å². The van der Waals surface area contributed by atoms with Crippen molar-refractivity contribution < 1.29 is 0 Å². The van der Waals surface area contributed by atoms with E-state index in [9.17, 15) is 0 Å². The van der Waals surface area contributed by atoms with Crippen LogP contribution in [0.1, 0.15) is 0 Å². The zero-order chi connectivity index (χ0) is 12.9. The molecule has 3 aromatic rings. The Morgan fingerprint density at radius 3 is 0.857 bits per heavy atom. The van der Waals surface area contributed by atoms with Gasteiger partial charge in [0.25, 0.3) is 0 Å². The number of benzene rings is 3. The molecule has 0 spiro atoms. The Bertz CT molecular complexity index is 533. The summed E-state index contributed by atoms with van der Waals surface area (Å²) in [6, 6.07) is 32.9. The SMILES string of the molecule is Br.Br.c1cc[c]([Sb]([c]2ccccc2)[c]2ccccc2)cc1. The third-order valence-corrected chi connectivity index (χ3v) is 10.0. The predicted molar refractivity (Wildman–Crippen MR) is 105 cm³/mol. The Balaban J connectivity index is 0.00000110. The summed E-state index contributed by atoms with van der Waals surface area (Å²) in [5.74, 6) is 0. The van der Waals surface area contributed by atoms with Gasteiger partial charge in [-0.15, -0.1) is 34.0 Å². The van der Waals surface area contributed by atoms with Crippen LogP contribution in [-0.4, -0.2) is 20.2 Å². The Kier molecular flexibility index (Phi) is 8.32. The van der Waals surface area contributed by atoms with Crippen molar-refractivity contribution in [2.24, 2.45) is 0 Å². The van der Waals surface area contributed by atoms with E-state index >= 15 is 0 Å². The van der Waals surface area contributed by atoms with Crippen LogP contribution in [0, 0.1) is 0 Å². The summed E-state index contributed by atoms with van der Waals surface area (Å²) in [7, 11) is 0. The summed E-state index contributed by atoms with van der Waals surface area (Å²) < 4.78 is 4.55. The molecule has 0 heterocycles. The second kappa shape index (κ2) is 9.45. The Morgan fingerprint density at radius 1 is 0.381 bits per heavy atom. The number of halogens is 2. The molecule has 0 saturated heterocycles. The van der Waals surface area contributed by atoms with E-state index in [4.69, 9.17) is 0 Å². The molecule has 0 aliphatic rings. The van der Waals surface area contributed by atoms with E-state index in [2.05, 4.69) is 91.0 Å². The molecule has 3 heteroatoms. The monoisotopic (exact) mass is 512 g/mol. The van der Waals surface area contributed by atoms with Crippen LogP contribution in [0.5, 0.6) is 0 Å². The number of rotatable bonds is 3. The van der Waals surface area contributed by atoms with Crippen molar-refractivity contribution >= 4 is 64.7 Å². The molecule has 0 fully saturated rings. The van der Waals surface area contributed by atoms with E-state index in [1.165, 1.54) is 10.5 Å². The van der Waals surface area contributed by atoms with Crippen molar-refractivity contribution in [1.82, 2.24) is 0 Å². The van der Waals surface area contributed by atoms with Gasteiger partial charge in [0.1, 0.15) is 0 Å². The van der Waals surface area contributed by atoms with Crippen molar-refractivity contribution in [1.29, 1.82) is 0 Å². The van der Waals surface area contributed by atoms with Gasteiger partial charge in [-0.1, -0.05) is 0 Å². The molecule has 0 aromatic heterocycles. The van der Waals surface area contributed by atoms with E-state index < -0.39 is 20.2 Å².